The summed E-state index contributed by atoms with van der Waals surface area (Å²) in [5.74, 6) is 0.721. The molecule has 10 rings (SSSR count). The minimum absolute atomic E-state index is 0.721. The van der Waals surface area contributed by atoms with E-state index in [0.717, 1.165) is 68.2 Å². The molecule has 0 bridgehead atoms. The number of fused-ring (bicyclic) bond motifs is 9. The van der Waals surface area contributed by atoms with Crippen molar-refractivity contribution < 1.29 is 0 Å². The van der Waals surface area contributed by atoms with Gasteiger partial charge < -0.3 is 0 Å². The van der Waals surface area contributed by atoms with Gasteiger partial charge in [-0.1, -0.05) is 158 Å². The third kappa shape index (κ3) is 4.94. The molecule has 3 heteroatoms. The van der Waals surface area contributed by atoms with Crippen molar-refractivity contribution in [3.05, 3.63) is 175 Å². The first-order chi connectivity index (χ1) is 25.3. The van der Waals surface area contributed by atoms with Gasteiger partial charge in [0.2, 0.25) is 0 Å². The van der Waals surface area contributed by atoms with E-state index in [0.29, 0.717) is 0 Å². The number of pyridine rings is 1. The molecule has 0 saturated heterocycles. The number of aromatic nitrogens is 3. The Balaban J connectivity index is 1.11. The Labute approximate surface area is 295 Å². The molecule has 0 N–H and O–H groups in total. The topological polar surface area (TPSA) is 38.7 Å². The van der Waals surface area contributed by atoms with Gasteiger partial charge in [0, 0.05) is 38.4 Å². The minimum atomic E-state index is 0.721. The molecule has 0 aliphatic heterocycles. The summed E-state index contributed by atoms with van der Waals surface area (Å²) in [5.41, 5.74) is 10.4. The Hall–Kier alpha value is -6.71. The van der Waals surface area contributed by atoms with Gasteiger partial charge in [0.15, 0.2) is 5.82 Å². The Morgan fingerprint density at radius 2 is 0.980 bits per heavy atom. The highest BCUT2D eigenvalue weighted by atomic mass is 14.9. The highest BCUT2D eigenvalue weighted by Gasteiger charge is 2.18. The van der Waals surface area contributed by atoms with E-state index in [9.17, 15) is 0 Å². The van der Waals surface area contributed by atoms with Gasteiger partial charge >= 0.3 is 0 Å². The van der Waals surface area contributed by atoms with Gasteiger partial charge in [-0.05, 0) is 57.3 Å². The molecule has 1 aliphatic carbocycles. The van der Waals surface area contributed by atoms with Crippen LogP contribution in [0.3, 0.4) is 0 Å². The number of nitrogens with zero attached hydrogens (tertiary/aromatic N) is 3. The maximum atomic E-state index is 5.37. The van der Waals surface area contributed by atoms with Gasteiger partial charge in [0.25, 0.3) is 0 Å². The van der Waals surface area contributed by atoms with Crippen molar-refractivity contribution in [2.24, 2.45) is 0 Å². The van der Waals surface area contributed by atoms with Crippen LogP contribution < -0.4 is 0 Å². The van der Waals surface area contributed by atoms with Crippen LogP contribution in [0.2, 0.25) is 0 Å². The first-order valence-electron chi connectivity index (χ1n) is 17.4. The molecule has 2 aromatic heterocycles. The van der Waals surface area contributed by atoms with E-state index >= 15 is 0 Å². The van der Waals surface area contributed by atoms with Crippen LogP contribution in [0.4, 0.5) is 0 Å². The second-order valence-corrected chi connectivity index (χ2v) is 13.1. The van der Waals surface area contributed by atoms with Gasteiger partial charge in [0.1, 0.15) is 0 Å². The summed E-state index contributed by atoms with van der Waals surface area (Å²) in [6.45, 7) is 0. The lowest BCUT2D eigenvalue weighted by molar-refractivity contribution is 1.15. The average molecular weight is 650 g/mol. The SMILES string of the molecule is C1=Cc2nc(-c3ccc(-c4cccc(-c5nc6ccccc6c6c7ccccc7c7ccccc7c56)c4)cc3)nc(-c3ccccc3)c2C=CC1. The lowest BCUT2D eigenvalue weighted by Crippen LogP contribution is -1.99. The first-order valence-corrected chi connectivity index (χ1v) is 17.4. The molecule has 7 aromatic carbocycles. The Bertz CT molecular complexity index is 2870. The highest BCUT2D eigenvalue weighted by Crippen LogP contribution is 2.43. The number of allylic oxidation sites excluding steroid dienone is 2. The van der Waals surface area contributed by atoms with Crippen molar-refractivity contribution in [1.82, 2.24) is 15.0 Å². The number of rotatable bonds is 4. The molecule has 51 heavy (non-hydrogen) atoms. The van der Waals surface area contributed by atoms with E-state index < -0.39 is 0 Å². The summed E-state index contributed by atoms with van der Waals surface area (Å²) in [4.78, 5) is 15.5. The third-order valence-electron chi connectivity index (χ3n) is 10.0. The van der Waals surface area contributed by atoms with Gasteiger partial charge in [-0.3, -0.25) is 0 Å². The van der Waals surface area contributed by atoms with Gasteiger partial charge in [0.05, 0.1) is 22.6 Å². The molecular weight excluding hydrogens is 619 g/mol. The largest absolute Gasteiger partial charge is 0.247 e. The molecule has 3 nitrogen and oxygen atoms in total. The van der Waals surface area contributed by atoms with Crippen LogP contribution in [-0.4, -0.2) is 15.0 Å². The van der Waals surface area contributed by atoms with E-state index in [2.05, 4.69) is 170 Å². The zero-order chi connectivity index (χ0) is 33.7. The molecule has 0 amide bonds. The second-order valence-electron chi connectivity index (χ2n) is 13.1. The van der Waals surface area contributed by atoms with Crippen LogP contribution >= 0.6 is 0 Å². The van der Waals surface area contributed by atoms with Gasteiger partial charge in [-0.25, -0.2) is 15.0 Å². The Kier molecular flexibility index (Phi) is 6.88. The molecule has 0 radical (unpaired) electrons. The Morgan fingerprint density at radius 1 is 0.373 bits per heavy atom. The maximum absolute atomic E-state index is 5.37. The van der Waals surface area contributed by atoms with Crippen molar-refractivity contribution in [1.29, 1.82) is 0 Å². The van der Waals surface area contributed by atoms with Crippen LogP contribution in [0.1, 0.15) is 17.7 Å². The van der Waals surface area contributed by atoms with Gasteiger partial charge in [-0.15, -0.1) is 0 Å². The van der Waals surface area contributed by atoms with Crippen LogP contribution in [-0.2, 0) is 0 Å². The van der Waals surface area contributed by atoms with Crippen molar-refractivity contribution in [3.63, 3.8) is 0 Å². The summed E-state index contributed by atoms with van der Waals surface area (Å²) in [5, 5.41) is 8.59. The summed E-state index contributed by atoms with van der Waals surface area (Å²) in [6, 6.07) is 53.8. The molecule has 1 aliphatic rings. The van der Waals surface area contributed by atoms with Crippen molar-refractivity contribution in [2.75, 3.05) is 0 Å². The van der Waals surface area contributed by atoms with Crippen LogP contribution in [0.15, 0.2) is 164 Å². The summed E-state index contributed by atoms with van der Waals surface area (Å²) >= 11 is 0. The predicted molar refractivity (Wildman–Crippen MR) is 214 cm³/mol. The molecule has 0 atom stereocenters. The Morgan fingerprint density at radius 3 is 1.76 bits per heavy atom. The number of benzene rings is 7. The average Bonchev–Trinajstić information content (AvgIpc) is 3.46. The van der Waals surface area contributed by atoms with Crippen molar-refractivity contribution in [2.45, 2.75) is 6.42 Å². The van der Waals surface area contributed by atoms with E-state index in [1.165, 1.54) is 37.7 Å². The molecule has 0 spiro atoms. The number of hydrogen-bond acceptors (Lipinski definition) is 3. The van der Waals surface area contributed by atoms with Gasteiger partial charge in [-0.2, -0.15) is 0 Å². The van der Waals surface area contributed by atoms with E-state index in [1.54, 1.807) is 0 Å². The molecule has 0 fully saturated rings. The van der Waals surface area contributed by atoms with E-state index in [1.807, 2.05) is 6.07 Å². The zero-order valence-corrected chi connectivity index (χ0v) is 27.8. The summed E-state index contributed by atoms with van der Waals surface area (Å²) in [7, 11) is 0. The van der Waals surface area contributed by atoms with Crippen LogP contribution in [0.5, 0.6) is 0 Å². The fourth-order valence-corrected chi connectivity index (χ4v) is 7.66. The predicted octanol–water partition coefficient (Wildman–Crippen LogP) is 12.6. The molecule has 2 heterocycles. The molecular formula is C48H31N3. The summed E-state index contributed by atoms with van der Waals surface area (Å²) < 4.78 is 0. The van der Waals surface area contributed by atoms with Crippen LogP contribution in [0.25, 0.3) is 100 Å². The lowest BCUT2D eigenvalue weighted by Gasteiger charge is -2.16. The number of para-hydroxylation sites is 1. The molecule has 0 saturated carbocycles. The quantitative estimate of drug-likeness (QED) is 0.178. The molecule has 9 aromatic rings. The monoisotopic (exact) mass is 649 g/mol. The summed E-state index contributed by atoms with van der Waals surface area (Å²) in [6.07, 6.45) is 9.47. The first kappa shape index (κ1) is 29.2. The van der Waals surface area contributed by atoms with Crippen LogP contribution in [0, 0.1) is 0 Å². The van der Waals surface area contributed by atoms with Crippen molar-refractivity contribution in [3.8, 4) is 45.0 Å². The second kappa shape index (κ2) is 12.0. The maximum Gasteiger partial charge on any atom is 0.160 e. The number of hydrogen-bond donors (Lipinski definition) is 0. The molecule has 0 unspecified atom stereocenters. The normalized spacial score (nSPS) is 12.5. The standard InChI is InChI=1S/C48H31N3/c1-3-14-32(15-4-1)46-41-23-5-2-6-24-43(41)50-48(51-46)33-28-26-31(27-29-33)34-16-13-17-35(30-34)47-45-39-21-10-8-19-37(39)36-18-7-9-20-38(36)44(45)40-22-11-12-25-42(40)49-47/h1,3-30H,2H2. The smallest absolute Gasteiger partial charge is 0.160 e. The zero-order valence-electron chi connectivity index (χ0n) is 27.8. The molecule has 238 valence electrons. The lowest BCUT2D eigenvalue weighted by atomic mass is 9.89. The fourth-order valence-electron chi connectivity index (χ4n) is 7.66. The van der Waals surface area contributed by atoms with E-state index in [4.69, 9.17) is 15.0 Å². The van der Waals surface area contributed by atoms with E-state index in [-0.39, 0.29) is 0 Å². The fraction of sp³-hybridized carbons (Fsp3) is 0.0208. The highest BCUT2D eigenvalue weighted by molar-refractivity contribution is 6.33. The van der Waals surface area contributed by atoms with Crippen molar-refractivity contribution >= 4 is 55.4 Å². The minimum Gasteiger partial charge on any atom is -0.247 e. The third-order valence-corrected chi connectivity index (χ3v) is 10.0.